The van der Waals surface area contributed by atoms with Crippen molar-refractivity contribution in [1.82, 2.24) is 10.6 Å². The number of rotatable bonds is 9. The van der Waals surface area contributed by atoms with Crippen LogP contribution in [0.2, 0.25) is 0 Å². The predicted molar refractivity (Wildman–Crippen MR) is 79.9 cm³/mol. The first kappa shape index (κ1) is 18.0. The van der Waals surface area contributed by atoms with Gasteiger partial charge in [-0.15, -0.1) is 0 Å². The quantitative estimate of drug-likeness (QED) is 0.446. The van der Waals surface area contributed by atoms with Crippen molar-refractivity contribution in [2.24, 2.45) is 0 Å². The second-order valence-corrected chi connectivity index (χ2v) is 4.43. The van der Waals surface area contributed by atoms with Crippen LogP contribution < -0.4 is 20.7 Å². The van der Waals surface area contributed by atoms with Crippen LogP contribution in [0.5, 0.6) is 5.75 Å². The van der Waals surface area contributed by atoms with Crippen molar-refractivity contribution in [3.8, 4) is 5.75 Å². The van der Waals surface area contributed by atoms with E-state index in [9.17, 15) is 19.2 Å². The molecule has 124 valence electrons. The molecule has 0 bridgehead atoms. The monoisotopic (exact) mass is 323 g/mol. The van der Waals surface area contributed by atoms with Crippen molar-refractivity contribution < 1.29 is 29.0 Å². The van der Waals surface area contributed by atoms with E-state index in [1.807, 2.05) is 0 Å². The van der Waals surface area contributed by atoms with Crippen molar-refractivity contribution in [1.29, 1.82) is 0 Å². The van der Waals surface area contributed by atoms with Gasteiger partial charge in [-0.25, -0.2) is 0 Å². The van der Waals surface area contributed by atoms with E-state index in [4.69, 9.17) is 9.84 Å². The number of hydrogen-bond donors (Lipinski definition) is 4. The largest absolute Gasteiger partial charge is 0.497 e. The summed E-state index contributed by atoms with van der Waals surface area (Å²) in [6, 6.07) is 5.12. The summed E-state index contributed by atoms with van der Waals surface area (Å²) in [7, 11) is 1.50. The highest BCUT2D eigenvalue weighted by atomic mass is 16.5. The maximum absolute atomic E-state index is 12.1. The number of carbonyl (C=O) groups is 4. The smallest absolute Gasteiger partial charge is 0.305 e. The lowest BCUT2D eigenvalue weighted by molar-refractivity contribution is -0.139. The number of nitrogens with one attached hydrogen (secondary N) is 3. The van der Waals surface area contributed by atoms with E-state index in [0.717, 1.165) is 0 Å². The molecule has 0 aromatic heterocycles. The Morgan fingerprint density at radius 2 is 1.91 bits per heavy atom. The number of carboxylic acids is 1. The Morgan fingerprint density at radius 1 is 1.26 bits per heavy atom. The third kappa shape index (κ3) is 6.46. The summed E-state index contributed by atoms with van der Waals surface area (Å²) >= 11 is 0. The van der Waals surface area contributed by atoms with E-state index >= 15 is 0 Å². The lowest BCUT2D eigenvalue weighted by atomic mass is 10.1. The van der Waals surface area contributed by atoms with Crippen LogP contribution in [-0.2, 0) is 19.2 Å². The van der Waals surface area contributed by atoms with E-state index in [2.05, 4.69) is 16.0 Å². The zero-order valence-electron chi connectivity index (χ0n) is 12.4. The fourth-order valence-corrected chi connectivity index (χ4v) is 1.67. The van der Waals surface area contributed by atoms with Gasteiger partial charge in [-0.2, -0.15) is 0 Å². The summed E-state index contributed by atoms with van der Waals surface area (Å²) in [6.07, 6.45) is -0.266. The van der Waals surface area contributed by atoms with Crippen molar-refractivity contribution in [2.75, 3.05) is 19.0 Å². The molecule has 0 unspecified atom stereocenters. The van der Waals surface area contributed by atoms with Gasteiger partial charge in [0.05, 0.1) is 20.1 Å². The number of hydrogen-bond acceptors (Lipinski definition) is 5. The van der Waals surface area contributed by atoms with Crippen LogP contribution in [0.1, 0.15) is 6.42 Å². The van der Waals surface area contributed by atoms with Crippen molar-refractivity contribution in [3.05, 3.63) is 24.3 Å². The fraction of sp³-hybridized carbons (Fsp3) is 0.286. The number of carbonyl (C=O) groups excluding carboxylic acids is 3. The van der Waals surface area contributed by atoms with Gasteiger partial charge in [-0.05, 0) is 24.3 Å². The lowest BCUT2D eigenvalue weighted by Gasteiger charge is -2.17. The Morgan fingerprint density at radius 3 is 2.43 bits per heavy atom. The molecule has 1 aromatic carbocycles. The van der Waals surface area contributed by atoms with Gasteiger partial charge in [0.15, 0.2) is 0 Å². The molecule has 3 amide bonds. The van der Waals surface area contributed by atoms with Crippen LogP contribution >= 0.6 is 0 Å². The molecular weight excluding hydrogens is 306 g/mol. The molecule has 0 spiro atoms. The minimum atomic E-state index is -1.27. The molecule has 0 saturated carbocycles. The topological polar surface area (TPSA) is 134 Å². The summed E-state index contributed by atoms with van der Waals surface area (Å²) < 4.78 is 4.98. The van der Waals surface area contributed by atoms with E-state index < -0.39 is 30.2 Å². The van der Waals surface area contributed by atoms with Gasteiger partial charge in [0, 0.05) is 5.69 Å². The highest BCUT2D eigenvalue weighted by molar-refractivity contribution is 5.99. The SMILES string of the molecule is COc1ccc(NC(=O)[C@H](CC(=O)O)NC(=O)CNC=O)cc1. The molecule has 0 saturated heterocycles. The van der Waals surface area contributed by atoms with Crippen molar-refractivity contribution >= 4 is 29.9 Å². The first-order valence-electron chi connectivity index (χ1n) is 6.59. The van der Waals surface area contributed by atoms with Gasteiger partial charge in [-0.3, -0.25) is 19.2 Å². The molecule has 1 aromatic rings. The summed E-state index contributed by atoms with van der Waals surface area (Å²) in [5, 5.41) is 15.7. The molecule has 0 heterocycles. The first-order chi connectivity index (χ1) is 11.0. The molecule has 1 rings (SSSR count). The second kappa shape index (κ2) is 9.03. The molecule has 4 N–H and O–H groups in total. The number of benzene rings is 1. The van der Waals surface area contributed by atoms with Gasteiger partial charge in [0.1, 0.15) is 11.8 Å². The van der Waals surface area contributed by atoms with E-state index in [1.165, 1.54) is 7.11 Å². The molecule has 0 aliphatic rings. The zero-order valence-corrected chi connectivity index (χ0v) is 12.4. The number of ether oxygens (including phenoxy) is 1. The van der Waals surface area contributed by atoms with E-state index in [1.54, 1.807) is 24.3 Å². The van der Waals surface area contributed by atoms with Crippen molar-refractivity contribution in [2.45, 2.75) is 12.5 Å². The Bertz CT molecular complexity index is 572. The molecule has 9 nitrogen and oxygen atoms in total. The Kier molecular flexibility index (Phi) is 7.05. The fourth-order valence-electron chi connectivity index (χ4n) is 1.67. The van der Waals surface area contributed by atoms with Crippen LogP contribution in [-0.4, -0.2) is 49.0 Å². The molecule has 0 fully saturated rings. The van der Waals surface area contributed by atoms with Gasteiger partial charge in [0.25, 0.3) is 0 Å². The van der Waals surface area contributed by atoms with Crippen LogP contribution in [0, 0.1) is 0 Å². The lowest BCUT2D eigenvalue weighted by Crippen LogP contribution is -2.47. The number of aliphatic carboxylic acids is 1. The van der Waals surface area contributed by atoms with E-state index in [-0.39, 0.29) is 6.54 Å². The normalized spacial score (nSPS) is 11.0. The number of amides is 3. The minimum Gasteiger partial charge on any atom is -0.497 e. The number of anilines is 1. The first-order valence-corrected chi connectivity index (χ1v) is 6.59. The maximum Gasteiger partial charge on any atom is 0.305 e. The molecule has 0 aliphatic heterocycles. The Hall–Kier alpha value is -3.10. The van der Waals surface area contributed by atoms with Crippen molar-refractivity contribution in [3.63, 3.8) is 0 Å². The summed E-state index contributed by atoms with van der Waals surface area (Å²) in [5.41, 5.74) is 0.423. The zero-order chi connectivity index (χ0) is 17.2. The Balaban J connectivity index is 2.71. The van der Waals surface area contributed by atoms with Crippen LogP contribution in [0.4, 0.5) is 5.69 Å². The molecule has 9 heteroatoms. The number of methoxy groups -OCH3 is 1. The third-order valence-corrected chi connectivity index (χ3v) is 2.73. The molecule has 1 atom stereocenters. The van der Waals surface area contributed by atoms with E-state index in [0.29, 0.717) is 17.8 Å². The molecule has 0 aliphatic carbocycles. The predicted octanol–water partition coefficient (Wildman–Crippen LogP) is -0.661. The second-order valence-electron chi connectivity index (χ2n) is 4.43. The highest BCUT2D eigenvalue weighted by Crippen LogP contribution is 2.15. The van der Waals surface area contributed by atoms with Crippen LogP contribution in [0.15, 0.2) is 24.3 Å². The van der Waals surface area contributed by atoms with Crippen LogP contribution in [0.3, 0.4) is 0 Å². The van der Waals surface area contributed by atoms with Gasteiger partial charge in [0.2, 0.25) is 18.2 Å². The average molecular weight is 323 g/mol. The molecular formula is C14H17N3O6. The number of carboxylic acid groups (broad SMARTS) is 1. The Labute approximate surface area is 132 Å². The van der Waals surface area contributed by atoms with Crippen LogP contribution in [0.25, 0.3) is 0 Å². The third-order valence-electron chi connectivity index (χ3n) is 2.73. The van der Waals surface area contributed by atoms with Gasteiger partial charge in [-0.1, -0.05) is 0 Å². The maximum atomic E-state index is 12.1. The summed E-state index contributed by atoms with van der Waals surface area (Å²) in [4.78, 5) is 44.6. The van der Waals surface area contributed by atoms with Gasteiger partial charge >= 0.3 is 5.97 Å². The minimum absolute atomic E-state index is 0.323. The standard InChI is InChI=1S/C14H17N3O6/c1-23-10-4-2-9(3-5-10)16-14(22)11(6-13(20)21)17-12(19)7-15-8-18/h2-5,8,11H,6-7H2,1H3,(H,15,18)(H,16,22)(H,17,19)(H,20,21)/t11-/m0/s1. The summed E-state index contributed by atoms with van der Waals surface area (Å²) in [6.45, 7) is -0.352. The summed E-state index contributed by atoms with van der Waals surface area (Å²) in [5.74, 6) is -2.01. The average Bonchev–Trinajstić information content (AvgIpc) is 2.52. The molecule has 0 radical (unpaired) electrons. The highest BCUT2D eigenvalue weighted by Gasteiger charge is 2.23. The molecule has 23 heavy (non-hydrogen) atoms. The van der Waals surface area contributed by atoms with Gasteiger partial charge < -0.3 is 25.8 Å².